The number of amidine groups is 1. The van der Waals surface area contributed by atoms with Gasteiger partial charge in [0.1, 0.15) is 12.2 Å². The number of anilines is 1. The molecule has 0 radical (unpaired) electrons. The zero-order valence-corrected chi connectivity index (χ0v) is 11.0. The Bertz CT molecular complexity index is 667. The van der Waals surface area contributed by atoms with E-state index in [1.54, 1.807) is 7.05 Å². The maximum absolute atomic E-state index is 11.4. The van der Waals surface area contributed by atoms with Crippen LogP contribution in [0.4, 0.5) is 10.6 Å². The summed E-state index contributed by atoms with van der Waals surface area (Å²) in [5.74, 6) is 1.90. The quantitative estimate of drug-likeness (QED) is 0.849. The number of para-hydroxylation sites is 1. The molecule has 0 saturated carbocycles. The Kier molecular flexibility index (Phi) is 3.04. The summed E-state index contributed by atoms with van der Waals surface area (Å²) in [5, 5.41) is 5.14. The molecule has 19 heavy (non-hydrogen) atoms. The Hall–Kier alpha value is -2.15. The van der Waals surface area contributed by atoms with Gasteiger partial charge < -0.3 is 0 Å². The molecule has 1 aromatic heterocycles. The molecular formula is C12H11N5OS. The number of aromatic nitrogens is 2. The van der Waals surface area contributed by atoms with Gasteiger partial charge in [0.05, 0.1) is 11.3 Å². The summed E-state index contributed by atoms with van der Waals surface area (Å²) in [5.41, 5.74) is 3.76. The van der Waals surface area contributed by atoms with Crippen LogP contribution in [0.1, 0.15) is 0 Å². The predicted molar refractivity (Wildman–Crippen MR) is 76.2 cm³/mol. The standard InChI is InChI=1S/C12H11N5OS/c1-17-10(6-19-12(17)18)15-16-11-8-4-2-3-5-9(8)13-7-14-11/h2-5,7H,6H2,1H3,(H,13,14,16)/b15-10+. The smallest absolute Gasteiger partial charge is 0.287 e. The molecular weight excluding hydrogens is 262 g/mol. The van der Waals surface area contributed by atoms with Gasteiger partial charge in [0, 0.05) is 12.4 Å². The monoisotopic (exact) mass is 273 g/mol. The number of amides is 1. The van der Waals surface area contributed by atoms with Crippen molar-refractivity contribution in [3.05, 3.63) is 30.6 Å². The van der Waals surface area contributed by atoms with E-state index in [4.69, 9.17) is 0 Å². The van der Waals surface area contributed by atoms with Crippen LogP contribution in [0, 0.1) is 0 Å². The fourth-order valence-electron chi connectivity index (χ4n) is 1.74. The first-order valence-corrected chi connectivity index (χ1v) is 6.67. The number of thioether (sulfide) groups is 1. The summed E-state index contributed by atoms with van der Waals surface area (Å²) in [6.07, 6.45) is 1.49. The zero-order chi connectivity index (χ0) is 13.2. The minimum atomic E-state index is 0.00750. The lowest BCUT2D eigenvalue weighted by Gasteiger charge is -2.09. The summed E-state index contributed by atoms with van der Waals surface area (Å²) in [7, 11) is 1.71. The van der Waals surface area contributed by atoms with Crippen LogP contribution in [0.25, 0.3) is 10.9 Å². The van der Waals surface area contributed by atoms with E-state index in [9.17, 15) is 4.79 Å². The van der Waals surface area contributed by atoms with E-state index in [1.807, 2.05) is 24.3 Å². The van der Waals surface area contributed by atoms with Gasteiger partial charge in [0.2, 0.25) is 0 Å². The third-order valence-electron chi connectivity index (χ3n) is 2.82. The van der Waals surface area contributed by atoms with Crippen molar-refractivity contribution in [2.45, 2.75) is 0 Å². The van der Waals surface area contributed by atoms with Gasteiger partial charge in [-0.15, -0.1) is 0 Å². The second-order valence-electron chi connectivity index (χ2n) is 3.99. The molecule has 0 atom stereocenters. The molecule has 2 aromatic rings. The van der Waals surface area contributed by atoms with E-state index in [2.05, 4.69) is 20.5 Å². The SMILES string of the molecule is CN1C(=O)SC/C1=N\Nc1ncnc2ccccc12. The minimum absolute atomic E-state index is 0.00750. The number of fused-ring (bicyclic) bond motifs is 1. The van der Waals surface area contributed by atoms with Crippen LogP contribution in [0.2, 0.25) is 0 Å². The number of hydrogen-bond donors (Lipinski definition) is 1. The van der Waals surface area contributed by atoms with Crippen LogP contribution in [0.3, 0.4) is 0 Å². The highest BCUT2D eigenvalue weighted by atomic mass is 32.2. The summed E-state index contributed by atoms with van der Waals surface area (Å²) in [6, 6.07) is 7.68. The molecule has 6 nitrogen and oxygen atoms in total. The third-order valence-corrected chi connectivity index (χ3v) is 3.74. The summed E-state index contributed by atoms with van der Waals surface area (Å²) in [4.78, 5) is 21.2. The molecule has 3 rings (SSSR count). The lowest BCUT2D eigenvalue weighted by atomic mass is 10.2. The number of hydrazone groups is 1. The Labute approximate surface area is 113 Å². The number of nitrogens with zero attached hydrogens (tertiary/aromatic N) is 4. The number of carbonyl (C=O) groups excluding carboxylic acids is 1. The number of benzene rings is 1. The lowest BCUT2D eigenvalue weighted by Crippen LogP contribution is -2.24. The Morgan fingerprint density at radius 3 is 3.00 bits per heavy atom. The van der Waals surface area contributed by atoms with Crippen molar-refractivity contribution in [1.29, 1.82) is 0 Å². The summed E-state index contributed by atoms with van der Waals surface area (Å²) < 4.78 is 0. The molecule has 1 N–H and O–H groups in total. The van der Waals surface area contributed by atoms with Crippen molar-refractivity contribution in [1.82, 2.24) is 14.9 Å². The average molecular weight is 273 g/mol. The summed E-state index contributed by atoms with van der Waals surface area (Å²) >= 11 is 1.24. The van der Waals surface area contributed by atoms with Gasteiger partial charge in [0.15, 0.2) is 5.82 Å². The van der Waals surface area contributed by atoms with E-state index in [0.29, 0.717) is 17.4 Å². The van der Waals surface area contributed by atoms with Crippen LogP contribution >= 0.6 is 11.8 Å². The third kappa shape index (κ3) is 2.24. The molecule has 1 aromatic carbocycles. The maximum atomic E-state index is 11.4. The van der Waals surface area contributed by atoms with Gasteiger partial charge in [-0.3, -0.25) is 15.1 Å². The van der Waals surface area contributed by atoms with Crippen molar-refractivity contribution in [3.8, 4) is 0 Å². The van der Waals surface area contributed by atoms with Crippen LogP contribution in [-0.2, 0) is 0 Å². The average Bonchev–Trinajstić information content (AvgIpc) is 2.76. The molecule has 1 aliphatic heterocycles. The number of rotatable bonds is 2. The van der Waals surface area contributed by atoms with E-state index < -0.39 is 0 Å². The van der Waals surface area contributed by atoms with Gasteiger partial charge in [0.25, 0.3) is 5.24 Å². The summed E-state index contributed by atoms with van der Waals surface area (Å²) in [6.45, 7) is 0. The van der Waals surface area contributed by atoms with Crippen molar-refractivity contribution in [2.24, 2.45) is 5.10 Å². The minimum Gasteiger partial charge on any atom is -0.292 e. The predicted octanol–water partition coefficient (Wildman–Crippen LogP) is 2.15. The number of carbonyl (C=O) groups is 1. The van der Waals surface area contributed by atoms with Gasteiger partial charge in [-0.2, -0.15) is 5.10 Å². The Morgan fingerprint density at radius 2 is 2.21 bits per heavy atom. The van der Waals surface area contributed by atoms with Gasteiger partial charge in [-0.25, -0.2) is 9.97 Å². The zero-order valence-electron chi connectivity index (χ0n) is 10.2. The van der Waals surface area contributed by atoms with Crippen molar-refractivity contribution < 1.29 is 4.79 Å². The van der Waals surface area contributed by atoms with E-state index >= 15 is 0 Å². The van der Waals surface area contributed by atoms with E-state index in [0.717, 1.165) is 10.9 Å². The van der Waals surface area contributed by atoms with Crippen molar-refractivity contribution in [2.75, 3.05) is 18.2 Å². The van der Waals surface area contributed by atoms with Crippen LogP contribution in [-0.4, -0.2) is 38.7 Å². The molecule has 0 bridgehead atoms. The van der Waals surface area contributed by atoms with Gasteiger partial charge in [-0.05, 0) is 12.1 Å². The first kappa shape index (κ1) is 11.9. The normalized spacial score (nSPS) is 17.4. The van der Waals surface area contributed by atoms with Gasteiger partial charge in [-0.1, -0.05) is 23.9 Å². The fourth-order valence-corrected chi connectivity index (χ4v) is 2.55. The van der Waals surface area contributed by atoms with E-state index in [1.165, 1.54) is 23.0 Å². The highest BCUT2D eigenvalue weighted by Crippen LogP contribution is 2.20. The van der Waals surface area contributed by atoms with Crippen LogP contribution < -0.4 is 5.43 Å². The fraction of sp³-hybridized carbons (Fsp3) is 0.167. The first-order chi connectivity index (χ1) is 9.25. The topological polar surface area (TPSA) is 70.5 Å². The first-order valence-electron chi connectivity index (χ1n) is 5.68. The molecule has 1 fully saturated rings. The number of hydrogen-bond acceptors (Lipinski definition) is 6. The molecule has 2 heterocycles. The van der Waals surface area contributed by atoms with E-state index in [-0.39, 0.29) is 5.24 Å². The molecule has 0 spiro atoms. The molecule has 0 unspecified atom stereocenters. The van der Waals surface area contributed by atoms with Crippen molar-refractivity contribution >= 4 is 39.6 Å². The maximum Gasteiger partial charge on any atom is 0.287 e. The molecule has 7 heteroatoms. The second-order valence-corrected chi connectivity index (χ2v) is 4.92. The largest absolute Gasteiger partial charge is 0.292 e. The highest BCUT2D eigenvalue weighted by Gasteiger charge is 2.24. The second kappa shape index (κ2) is 4.85. The van der Waals surface area contributed by atoms with Crippen molar-refractivity contribution in [3.63, 3.8) is 0 Å². The molecule has 96 valence electrons. The molecule has 1 saturated heterocycles. The van der Waals surface area contributed by atoms with Crippen LogP contribution in [0.15, 0.2) is 35.7 Å². The molecule has 0 aliphatic carbocycles. The molecule has 1 aliphatic rings. The lowest BCUT2D eigenvalue weighted by molar-refractivity contribution is 0.250. The Morgan fingerprint density at radius 1 is 1.37 bits per heavy atom. The van der Waals surface area contributed by atoms with Crippen LogP contribution in [0.5, 0.6) is 0 Å². The number of nitrogens with one attached hydrogen (secondary N) is 1. The molecule has 1 amide bonds. The Balaban J connectivity index is 1.90. The van der Waals surface area contributed by atoms with Gasteiger partial charge >= 0.3 is 0 Å². The highest BCUT2D eigenvalue weighted by molar-refractivity contribution is 8.14.